The van der Waals surface area contributed by atoms with E-state index in [1.54, 1.807) is 18.4 Å². The van der Waals surface area contributed by atoms with Gasteiger partial charge in [0, 0.05) is 22.9 Å². The molecule has 0 fully saturated rings. The Hall–Kier alpha value is -0.300. The van der Waals surface area contributed by atoms with E-state index in [9.17, 15) is 0 Å². The summed E-state index contributed by atoms with van der Waals surface area (Å²) in [5.74, 6) is 5.98. The summed E-state index contributed by atoms with van der Waals surface area (Å²) in [7, 11) is 1.70. The first-order chi connectivity index (χ1) is 5.86. The third kappa shape index (κ3) is 2.98. The summed E-state index contributed by atoms with van der Waals surface area (Å²) in [6.45, 7) is 0.681. The summed E-state index contributed by atoms with van der Waals surface area (Å²) in [6, 6.07) is 2.06. The molecule has 0 aliphatic rings. The summed E-state index contributed by atoms with van der Waals surface area (Å²) in [5.41, 5.74) is 1.08. The lowest BCUT2D eigenvalue weighted by molar-refractivity contribution is 0.187. The SMILES string of the molecule is COCc1cc(C#CCBr)cs1. The van der Waals surface area contributed by atoms with Gasteiger partial charge in [-0.2, -0.15) is 0 Å². The number of ether oxygens (including phenoxy) is 1. The van der Waals surface area contributed by atoms with Gasteiger partial charge in [0.2, 0.25) is 0 Å². The Morgan fingerprint density at radius 2 is 2.50 bits per heavy atom. The van der Waals surface area contributed by atoms with Gasteiger partial charge < -0.3 is 4.74 Å². The lowest BCUT2D eigenvalue weighted by Gasteiger charge is -1.89. The first-order valence-corrected chi connectivity index (χ1v) is 5.48. The molecule has 0 bridgehead atoms. The van der Waals surface area contributed by atoms with E-state index in [-0.39, 0.29) is 0 Å². The summed E-state index contributed by atoms with van der Waals surface area (Å²) < 4.78 is 5.00. The highest BCUT2D eigenvalue weighted by molar-refractivity contribution is 9.09. The van der Waals surface area contributed by atoms with Crippen molar-refractivity contribution in [3.05, 3.63) is 21.9 Å². The largest absolute Gasteiger partial charge is 0.379 e. The molecule has 1 aromatic heterocycles. The average Bonchev–Trinajstić information content (AvgIpc) is 2.50. The zero-order chi connectivity index (χ0) is 8.81. The van der Waals surface area contributed by atoms with Crippen LogP contribution >= 0.6 is 27.3 Å². The van der Waals surface area contributed by atoms with Crippen LogP contribution in [0.5, 0.6) is 0 Å². The van der Waals surface area contributed by atoms with Gasteiger partial charge in [0.05, 0.1) is 11.9 Å². The molecule has 0 saturated heterocycles. The van der Waals surface area contributed by atoms with Crippen LogP contribution in [-0.2, 0) is 11.3 Å². The Morgan fingerprint density at radius 1 is 1.67 bits per heavy atom. The van der Waals surface area contributed by atoms with Gasteiger partial charge in [-0.15, -0.1) is 11.3 Å². The van der Waals surface area contributed by atoms with Gasteiger partial charge in [-0.1, -0.05) is 27.8 Å². The van der Waals surface area contributed by atoms with Crippen LogP contribution in [0.25, 0.3) is 0 Å². The lowest BCUT2D eigenvalue weighted by Crippen LogP contribution is -1.80. The van der Waals surface area contributed by atoms with E-state index in [2.05, 4.69) is 33.8 Å². The fourth-order valence-electron chi connectivity index (χ4n) is 0.800. The van der Waals surface area contributed by atoms with Crippen molar-refractivity contribution in [2.24, 2.45) is 0 Å². The second kappa shape index (κ2) is 5.36. The molecule has 0 radical (unpaired) electrons. The average molecular weight is 245 g/mol. The minimum absolute atomic E-state index is 0.681. The molecule has 64 valence electrons. The molecule has 1 heterocycles. The molecule has 0 aromatic carbocycles. The molecule has 0 atom stereocenters. The van der Waals surface area contributed by atoms with Crippen LogP contribution < -0.4 is 0 Å². The van der Waals surface area contributed by atoms with E-state index in [1.807, 2.05) is 5.38 Å². The van der Waals surface area contributed by atoms with E-state index in [1.165, 1.54) is 4.88 Å². The number of hydrogen-bond acceptors (Lipinski definition) is 2. The molecule has 1 nitrogen and oxygen atoms in total. The van der Waals surface area contributed by atoms with Crippen molar-refractivity contribution >= 4 is 27.3 Å². The van der Waals surface area contributed by atoms with Crippen molar-refractivity contribution in [1.29, 1.82) is 0 Å². The highest BCUT2D eigenvalue weighted by atomic mass is 79.9. The van der Waals surface area contributed by atoms with Crippen molar-refractivity contribution in [3.8, 4) is 11.8 Å². The van der Waals surface area contributed by atoms with Gasteiger partial charge >= 0.3 is 0 Å². The van der Waals surface area contributed by atoms with Gasteiger partial charge in [0.1, 0.15) is 0 Å². The second-order valence-corrected chi connectivity index (χ2v) is 3.73. The smallest absolute Gasteiger partial charge is 0.0806 e. The molecule has 12 heavy (non-hydrogen) atoms. The van der Waals surface area contributed by atoms with Gasteiger partial charge in [0.15, 0.2) is 0 Å². The maximum atomic E-state index is 5.00. The van der Waals surface area contributed by atoms with Crippen LogP contribution in [0, 0.1) is 11.8 Å². The summed E-state index contributed by atoms with van der Waals surface area (Å²) in [4.78, 5) is 1.22. The zero-order valence-electron chi connectivity index (χ0n) is 6.76. The molecular weight excluding hydrogens is 236 g/mol. The molecule has 0 aliphatic heterocycles. The summed E-state index contributed by atoms with van der Waals surface area (Å²) in [6.07, 6.45) is 0. The maximum Gasteiger partial charge on any atom is 0.0806 e. The zero-order valence-corrected chi connectivity index (χ0v) is 9.17. The molecule has 3 heteroatoms. The molecule has 0 unspecified atom stereocenters. The van der Waals surface area contributed by atoms with Crippen molar-refractivity contribution in [3.63, 3.8) is 0 Å². The Labute approximate surface area is 84.9 Å². The van der Waals surface area contributed by atoms with Crippen molar-refractivity contribution in [2.75, 3.05) is 12.4 Å². The first-order valence-electron chi connectivity index (χ1n) is 3.48. The summed E-state index contributed by atoms with van der Waals surface area (Å²) >= 11 is 4.93. The number of hydrogen-bond donors (Lipinski definition) is 0. The van der Waals surface area contributed by atoms with Crippen LogP contribution in [0.3, 0.4) is 0 Å². The molecule has 1 rings (SSSR count). The van der Waals surface area contributed by atoms with Crippen LogP contribution in [0.4, 0.5) is 0 Å². The molecule has 0 saturated carbocycles. The topological polar surface area (TPSA) is 9.23 Å². The van der Waals surface area contributed by atoms with Crippen LogP contribution in [0.2, 0.25) is 0 Å². The number of halogens is 1. The predicted octanol–water partition coefficient (Wildman–Crippen LogP) is 2.64. The van der Waals surface area contributed by atoms with Crippen molar-refractivity contribution in [2.45, 2.75) is 6.61 Å². The quantitative estimate of drug-likeness (QED) is 0.575. The maximum absolute atomic E-state index is 5.00. The first kappa shape index (κ1) is 9.79. The van der Waals surface area contributed by atoms with E-state index in [0.29, 0.717) is 6.61 Å². The van der Waals surface area contributed by atoms with Crippen molar-refractivity contribution in [1.82, 2.24) is 0 Å². The number of rotatable bonds is 2. The van der Waals surface area contributed by atoms with E-state index in [0.717, 1.165) is 10.9 Å². The fraction of sp³-hybridized carbons (Fsp3) is 0.333. The Kier molecular flexibility index (Phi) is 4.37. The normalized spacial score (nSPS) is 9.17. The van der Waals surface area contributed by atoms with Crippen LogP contribution in [-0.4, -0.2) is 12.4 Å². The van der Waals surface area contributed by atoms with E-state index in [4.69, 9.17) is 4.74 Å². The second-order valence-electron chi connectivity index (χ2n) is 2.17. The third-order valence-corrected chi connectivity index (χ3v) is 2.43. The minimum atomic E-state index is 0.681. The summed E-state index contributed by atoms with van der Waals surface area (Å²) in [5, 5.41) is 2.77. The van der Waals surface area contributed by atoms with Gasteiger partial charge in [-0.05, 0) is 6.07 Å². The molecule has 0 N–H and O–H groups in total. The monoisotopic (exact) mass is 244 g/mol. The van der Waals surface area contributed by atoms with Crippen molar-refractivity contribution < 1.29 is 4.74 Å². The fourth-order valence-corrected chi connectivity index (χ4v) is 1.73. The molecule has 0 spiro atoms. The highest BCUT2D eigenvalue weighted by Crippen LogP contribution is 2.14. The number of thiophene rings is 1. The highest BCUT2D eigenvalue weighted by Gasteiger charge is 1.95. The Morgan fingerprint density at radius 3 is 3.17 bits per heavy atom. The van der Waals surface area contributed by atoms with Crippen LogP contribution in [0.15, 0.2) is 11.4 Å². The van der Waals surface area contributed by atoms with E-state index < -0.39 is 0 Å². The van der Waals surface area contributed by atoms with Crippen LogP contribution in [0.1, 0.15) is 10.4 Å². The Balaban J connectivity index is 2.64. The minimum Gasteiger partial charge on any atom is -0.379 e. The van der Waals surface area contributed by atoms with E-state index >= 15 is 0 Å². The number of methoxy groups -OCH3 is 1. The lowest BCUT2D eigenvalue weighted by atomic mass is 10.3. The number of alkyl halides is 1. The van der Waals surface area contributed by atoms with Gasteiger partial charge in [-0.25, -0.2) is 0 Å². The van der Waals surface area contributed by atoms with Gasteiger partial charge in [-0.3, -0.25) is 0 Å². The molecule has 0 amide bonds. The molecule has 0 aliphatic carbocycles. The standard InChI is InChI=1S/C9H9BrOS/c1-11-6-9-5-8(7-12-9)3-2-4-10/h5,7H,4,6H2,1H3. The Bertz CT molecular complexity index is 295. The molecule has 1 aromatic rings. The van der Waals surface area contributed by atoms with Gasteiger partial charge in [0.25, 0.3) is 0 Å². The third-order valence-electron chi connectivity index (χ3n) is 1.24. The molecular formula is C9H9BrOS. The predicted molar refractivity (Wildman–Crippen MR) is 55.7 cm³/mol.